The number of aliphatic carboxylic acids is 1. The van der Waals surface area contributed by atoms with Crippen molar-refractivity contribution in [3.63, 3.8) is 0 Å². The second kappa shape index (κ2) is 11.9. The van der Waals surface area contributed by atoms with Crippen LogP contribution in [0.2, 0.25) is 0 Å². The number of aliphatic imine (C=N–C) groups is 1. The van der Waals surface area contributed by atoms with E-state index in [1.165, 1.54) is 12.1 Å². The average molecular weight is 479 g/mol. The topological polar surface area (TPSA) is 164 Å². The largest absolute Gasteiger partial charge is 0.477 e. The van der Waals surface area contributed by atoms with Crippen molar-refractivity contribution in [3.05, 3.63) is 35.9 Å². The van der Waals surface area contributed by atoms with Crippen molar-refractivity contribution in [2.45, 2.75) is 58.3 Å². The maximum Gasteiger partial charge on any atom is 0.354 e. The number of carboxylic acid groups (broad SMARTS) is 1. The Hall–Kier alpha value is -3.80. The van der Waals surface area contributed by atoms with Gasteiger partial charge in [-0.15, -0.1) is 0 Å². The molecule has 34 heavy (non-hydrogen) atoms. The molecule has 0 spiro atoms. The maximum absolute atomic E-state index is 12.0. The number of carbonyl (C=O) groups is 5. The van der Waals surface area contributed by atoms with Crippen molar-refractivity contribution in [3.8, 4) is 0 Å². The Balaban J connectivity index is 2.63. The molecule has 0 unspecified atom stereocenters. The van der Waals surface area contributed by atoms with Gasteiger partial charge in [-0.05, 0) is 0 Å². The van der Waals surface area contributed by atoms with Gasteiger partial charge in [-0.3, -0.25) is 24.2 Å². The summed E-state index contributed by atoms with van der Waals surface area (Å²) in [4.78, 5) is 63.0. The number of benzene rings is 1. The van der Waals surface area contributed by atoms with Crippen LogP contribution in [0.3, 0.4) is 0 Å². The molecule has 0 saturated carbocycles. The summed E-state index contributed by atoms with van der Waals surface area (Å²) >= 11 is 0. The van der Waals surface area contributed by atoms with Gasteiger partial charge in [0.2, 0.25) is 6.29 Å². The third kappa shape index (κ3) is 7.37. The summed E-state index contributed by atoms with van der Waals surface area (Å²) in [5.41, 5.74) is -0.229. The minimum absolute atomic E-state index is 0.212. The molecule has 0 aromatic heterocycles. The molecule has 12 heteroatoms. The van der Waals surface area contributed by atoms with E-state index in [0.717, 1.165) is 27.7 Å². The van der Waals surface area contributed by atoms with Crippen molar-refractivity contribution < 1.29 is 52.8 Å². The van der Waals surface area contributed by atoms with Gasteiger partial charge in [0.15, 0.2) is 24.0 Å². The molecule has 0 amide bonds. The zero-order valence-electron chi connectivity index (χ0n) is 19.0. The minimum atomic E-state index is -1.56. The SMILES string of the molecule is CC(=O)OC[C@H]1O[C@@H](OC(C)=O)[C@H](N=C(C(=O)O)c2ccccc2)[C@@H](OC(C)=O)[C@@H]1OC(C)=O. The van der Waals surface area contributed by atoms with Gasteiger partial charge in [-0.2, -0.15) is 0 Å². The molecule has 1 aromatic rings. The van der Waals surface area contributed by atoms with Crippen molar-refractivity contribution in [2.24, 2.45) is 4.99 Å². The molecule has 1 heterocycles. The highest BCUT2D eigenvalue weighted by atomic mass is 16.7. The standard InChI is InChI=1S/C22H25NO11/c1-11(24)30-10-16-19(31-12(2)25)20(32-13(3)26)18(22(34-16)33-14(4)27)23-17(21(28)29)15-8-6-5-7-9-15/h5-9,16,18-20,22H,10H2,1-4H3,(H,28,29)/t16-,18-,19-,20-,22-/m1/s1. The van der Waals surface area contributed by atoms with Gasteiger partial charge in [0.1, 0.15) is 12.7 Å². The molecule has 1 aromatic carbocycles. The van der Waals surface area contributed by atoms with E-state index in [1.807, 2.05) is 0 Å². The lowest BCUT2D eigenvalue weighted by atomic mass is 9.96. The summed E-state index contributed by atoms with van der Waals surface area (Å²) in [5, 5.41) is 9.77. The van der Waals surface area contributed by atoms with Crippen molar-refractivity contribution in [1.82, 2.24) is 0 Å². The van der Waals surface area contributed by atoms with E-state index in [-0.39, 0.29) is 5.56 Å². The molecular weight excluding hydrogens is 454 g/mol. The number of hydrogen-bond acceptors (Lipinski definition) is 11. The van der Waals surface area contributed by atoms with Crippen LogP contribution < -0.4 is 0 Å². The molecule has 12 nitrogen and oxygen atoms in total. The van der Waals surface area contributed by atoms with Gasteiger partial charge < -0.3 is 28.8 Å². The van der Waals surface area contributed by atoms with Crippen LogP contribution >= 0.6 is 0 Å². The first-order chi connectivity index (χ1) is 16.0. The van der Waals surface area contributed by atoms with Crippen LogP contribution in [0.1, 0.15) is 33.3 Å². The van der Waals surface area contributed by atoms with Crippen LogP contribution in [0.4, 0.5) is 0 Å². The molecule has 2 rings (SSSR count). The lowest BCUT2D eigenvalue weighted by molar-refractivity contribution is -0.266. The summed E-state index contributed by atoms with van der Waals surface area (Å²) in [5.74, 6) is -4.49. The summed E-state index contributed by atoms with van der Waals surface area (Å²) in [7, 11) is 0. The number of hydrogen-bond donors (Lipinski definition) is 1. The van der Waals surface area contributed by atoms with Gasteiger partial charge in [-0.1, -0.05) is 30.3 Å². The predicted molar refractivity (Wildman–Crippen MR) is 113 cm³/mol. The Morgan fingerprint density at radius 2 is 1.41 bits per heavy atom. The molecule has 1 saturated heterocycles. The smallest absolute Gasteiger partial charge is 0.354 e. The number of nitrogens with zero attached hydrogens (tertiary/aromatic N) is 1. The summed E-state index contributed by atoms with van der Waals surface area (Å²) in [6.45, 7) is 3.96. The fourth-order valence-electron chi connectivity index (χ4n) is 3.28. The first-order valence-corrected chi connectivity index (χ1v) is 10.2. The molecule has 184 valence electrons. The zero-order valence-corrected chi connectivity index (χ0v) is 19.0. The Bertz CT molecular complexity index is 959. The van der Waals surface area contributed by atoms with E-state index in [1.54, 1.807) is 18.2 Å². The van der Waals surface area contributed by atoms with Crippen molar-refractivity contribution in [2.75, 3.05) is 6.61 Å². The van der Waals surface area contributed by atoms with Crippen molar-refractivity contribution >= 4 is 35.6 Å². The number of carbonyl (C=O) groups excluding carboxylic acids is 4. The summed E-state index contributed by atoms with van der Waals surface area (Å²) in [6, 6.07) is 6.39. The van der Waals surface area contributed by atoms with E-state index in [0.29, 0.717) is 0 Å². The van der Waals surface area contributed by atoms with Gasteiger partial charge in [-0.25, -0.2) is 4.79 Å². The molecule has 5 atom stereocenters. The molecule has 1 N–H and O–H groups in total. The van der Waals surface area contributed by atoms with Gasteiger partial charge in [0, 0.05) is 33.3 Å². The van der Waals surface area contributed by atoms with Crippen molar-refractivity contribution in [1.29, 1.82) is 0 Å². The second-order valence-electron chi connectivity index (χ2n) is 7.24. The van der Waals surface area contributed by atoms with Crippen LogP contribution in [-0.2, 0) is 47.7 Å². The first-order valence-electron chi connectivity index (χ1n) is 10.2. The van der Waals surface area contributed by atoms with Crippen LogP contribution in [0, 0.1) is 0 Å². The monoisotopic (exact) mass is 479 g/mol. The third-order valence-electron chi connectivity index (χ3n) is 4.48. The molecule has 1 aliphatic rings. The molecule has 0 bridgehead atoms. The Morgan fingerprint density at radius 1 is 0.853 bits per heavy atom. The predicted octanol–water partition coefficient (Wildman–Crippen LogP) is 0.643. The van der Waals surface area contributed by atoms with Gasteiger partial charge in [0.25, 0.3) is 0 Å². The molecule has 1 fully saturated rings. The Labute approximate surface area is 194 Å². The second-order valence-corrected chi connectivity index (χ2v) is 7.24. The van der Waals surface area contributed by atoms with E-state index in [9.17, 15) is 29.1 Å². The van der Waals surface area contributed by atoms with Gasteiger partial charge in [0.05, 0.1) is 0 Å². The van der Waals surface area contributed by atoms with E-state index in [4.69, 9.17) is 23.7 Å². The highest BCUT2D eigenvalue weighted by Crippen LogP contribution is 2.30. The summed E-state index contributed by atoms with van der Waals surface area (Å²) < 4.78 is 26.5. The number of esters is 4. The Morgan fingerprint density at radius 3 is 1.91 bits per heavy atom. The Kier molecular flexibility index (Phi) is 9.25. The van der Waals surface area contributed by atoms with Crippen LogP contribution in [-0.4, -0.2) is 77.9 Å². The molecule has 0 aliphatic carbocycles. The quantitative estimate of drug-likeness (QED) is 0.316. The van der Waals surface area contributed by atoms with E-state index < -0.39 is 72.8 Å². The summed E-state index contributed by atoms with van der Waals surface area (Å²) in [6.07, 6.45) is -5.60. The molecular formula is C22H25NO11. The van der Waals surface area contributed by atoms with Gasteiger partial charge >= 0.3 is 29.8 Å². The minimum Gasteiger partial charge on any atom is -0.477 e. The number of carboxylic acids is 1. The number of ether oxygens (including phenoxy) is 5. The van der Waals surface area contributed by atoms with Crippen LogP contribution in [0.15, 0.2) is 35.3 Å². The van der Waals surface area contributed by atoms with E-state index in [2.05, 4.69) is 4.99 Å². The fourth-order valence-corrected chi connectivity index (χ4v) is 3.28. The first kappa shape index (κ1) is 26.5. The maximum atomic E-state index is 12.0. The van der Waals surface area contributed by atoms with E-state index >= 15 is 0 Å². The zero-order chi connectivity index (χ0) is 25.4. The number of rotatable bonds is 8. The normalized spacial score (nSPS) is 24.5. The highest BCUT2D eigenvalue weighted by molar-refractivity contribution is 6.42. The average Bonchev–Trinajstić information content (AvgIpc) is 2.73. The van der Waals surface area contributed by atoms with Crippen LogP contribution in [0.25, 0.3) is 0 Å². The lowest BCUT2D eigenvalue weighted by Crippen LogP contribution is -2.61. The van der Waals surface area contributed by atoms with Crippen LogP contribution in [0.5, 0.6) is 0 Å². The molecule has 0 radical (unpaired) electrons. The fraction of sp³-hybridized carbons (Fsp3) is 0.455. The lowest BCUT2D eigenvalue weighted by Gasteiger charge is -2.43. The highest BCUT2D eigenvalue weighted by Gasteiger charge is 2.52. The third-order valence-corrected chi connectivity index (χ3v) is 4.48. The molecule has 1 aliphatic heterocycles.